The van der Waals surface area contributed by atoms with Gasteiger partial charge in [-0.25, -0.2) is 0 Å². The Morgan fingerprint density at radius 1 is 1.20 bits per heavy atom. The van der Waals surface area contributed by atoms with Gasteiger partial charge in [0.25, 0.3) is 0 Å². The van der Waals surface area contributed by atoms with Crippen LogP contribution in [0.15, 0.2) is 18.2 Å². The Kier molecular flexibility index (Phi) is 7.06. The lowest BCUT2D eigenvalue weighted by Gasteiger charge is -2.13. The van der Waals surface area contributed by atoms with Crippen LogP contribution in [0.3, 0.4) is 0 Å². The van der Waals surface area contributed by atoms with Gasteiger partial charge in [-0.05, 0) is 31.0 Å². The van der Waals surface area contributed by atoms with Gasteiger partial charge in [0.15, 0.2) is 0 Å². The summed E-state index contributed by atoms with van der Waals surface area (Å²) in [5, 5.41) is 3.21. The smallest absolute Gasteiger partial charge is 0.0205 e. The fourth-order valence-electron chi connectivity index (χ4n) is 1.64. The van der Waals surface area contributed by atoms with Gasteiger partial charge in [0.1, 0.15) is 0 Å². The predicted molar refractivity (Wildman–Crippen MR) is 69.4 cm³/mol. The van der Waals surface area contributed by atoms with Crippen LogP contribution in [0.2, 0.25) is 0 Å². The molecule has 0 unspecified atom stereocenters. The van der Waals surface area contributed by atoms with Gasteiger partial charge in [0.2, 0.25) is 0 Å². The highest BCUT2D eigenvalue weighted by Gasteiger charge is 2.05. The van der Waals surface area contributed by atoms with Crippen molar-refractivity contribution in [1.29, 1.82) is 0 Å². The summed E-state index contributed by atoms with van der Waals surface area (Å²) in [6.07, 6.45) is 0. The van der Waals surface area contributed by atoms with Gasteiger partial charge in [0, 0.05) is 6.54 Å². The zero-order valence-corrected chi connectivity index (χ0v) is 11.0. The SMILES string of the molecule is CC.CNCc1cc(C)ccc1C(C)C. The molecule has 15 heavy (non-hydrogen) atoms. The minimum atomic E-state index is 0.615. The first kappa shape index (κ1) is 14.2. The van der Waals surface area contributed by atoms with Gasteiger partial charge in [-0.2, -0.15) is 0 Å². The Hall–Kier alpha value is -0.820. The Balaban J connectivity index is 0.000000921. The van der Waals surface area contributed by atoms with E-state index in [2.05, 4.69) is 44.3 Å². The van der Waals surface area contributed by atoms with E-state index in [9.17, 15) is 0 Å². The normalized spacial score (nSPS) is 9.80. The molecule has 86 valence electrons. The highest BCUT2D eigenvalue weighted by Crippen LogP contribution is 2.20. The molecule has 1 aromatic carbocycles. The van der Waals surface area contributed by atoms with E-state index in [1.807, 2.05) is 20.9 Å². The molecule has 0 saturated heterocycles. The lowest BCUT2D eigenvalue weighted by molar-refractivity contribution is 0.774. The summed E-state index contributed by atoms with van der Waals surface area (Å²) in [6.45, 7) is 11.6. The summed E-state index contributed by atoms with van der Waals surface area (Å²) in [5.41, 5.74) is 4.23. The number of rotatable bonds is 3. The molecule has 0 aliphatic rings. The molecule has 0 radical (unpaired) electrons. The number of hydrogen-bond acceptors (Lipinski definition) is 1. The largest absolute Gasteiger partial charge is 0.316 e. The first-order valence-corrected chi connectivity index (χ1v) is 5.89. The quantitative estimate of drug-likeness (QED) is 0.793. The van der Waals surface area contributed by atoms with E-state index in [0.29, 0.717) is 5.92 Å². The van der Waals surface area contributed by atoms with Crippen molar-refractivity contribution < 1.29 is 0 Å². The van der Waals surface area contributed by atoms with Crippen molar-refractivity contribution in [3.8, 4) is 0 Å². The van der Waals surface area contributed by atoms with Crippen molar-refractivity contribution in [1.82, 2.24) is 5.32 Å². The van der Waals surface area contributed by atoms with Crippen molar-refractivity contribution in [3.63, 3.8) is 0 Å². The second-order valence-corrected chi connectivity index (χ2v) is 3.89. The van der Waals surface area contributed by atoms with Gasteiger partial charge < -0.3 is 5.32 Å². The second-order valence-electron chi connectivity index (χ2n) is 3.89. The lowest BCUT2D eigenvalue weighted by atomic mass is 9.95. The summed E-state index contributed by atoms with van der Waals surface area (Å²) in [7, 11) is 1.99. The third kappa shape index (κ3) is 4.48. The maximum Gasteiger partial charge on any atom is 0.0205 e. The second kappa shape index (κ2) is 7.47. The first-order chi connectivity index (χ1) is 7.15. The van der Waals surface area contributed by atoms with Gasteiger partial charge in [-0.15, -0.1) is 0 Å². The van der Waals surface area contributed by atoms with Gasteiger partial charge >= 0.3 is 0 Å². The molecule has 1 heteroatoms. The molecule has 0 aromatic heterocycles. The Labute approximate surface area is 94.9 Å². The summed E-state index contributed by atoms with van der Waals surface area (Å²) in [5.74, 6) is 0.615. The van der Waals surface area contributed by atoms with Crippen LogP contribution in [-0.4, -0.2) is 7.05 Å². The van der Waals surface area contributed by atoms with Gasteiger partial charge in [-0.3, -0.25) is 0 Å². The summed E-state index contributed by atoms with van der Waals surface area (Å²) < 4.78 is 0. The predicted octanol–water partition coefficient (Wildman–Crippen LogP) is 3.86. The third-order valence-electron chi connectivity index (χ3n) is 2.29. The monoisotopic (exact) mass is 207 g/mol. The van der Waals surface area contributed by atoms with E-state index in [1.165, 1.54) is 16.7 Å². The van der Waals surface area contributed by atoms with E-state index < -0.39 is 0 Å². The average Bonchev–Trinajstić information content (AvgIpc) is 2.21. The van der Waals surface area contributed by atoms with Crippen LogP contribution in [0, 0.1) is 6.92 Å². The van der Waals surface area contributed by atoms with E-state index in [1.54, 1.807) is 0 Å². The Bertz CT molecular complexity index is 277. The maximum atomic E-state index is 3.21. The number of benzene rings is 1. The summed E-state index contributed by atoms with van der Waals surface area (Å²) in [6, 6.07) is 6.70. The van der Waals surface area contributed by atoms with Crippen LogP contribution >= 0.6 is 0 Å². The molecule has 0 saturated carbocycles. The molecule has 0 heterocycles. The average molecular weight is 207 g/mol. The molecule has 1 nitrogen and oxygen atoms in total. The van der Waals surface area contributed by atoms with Crippen LogP contribution in [0.25, 0.3) is 0 Å². The van der Waals surface area contributed by atoms with Crippen molar-refractivity contribution in [2.75, 3.05) is 7.05 Å². The van der Waals surface area contributed by atoms with Gasteiger partial charge in [-0.1, -0.05) is 51.5 Å². The molecule has 0 aliphatic carbocycles. The van der Waals surface area contributed by atoms with Gasteiger partial charge in [0.05, 0.1) is 0 Å². The number of hydrogen-bond donors (Lipinski definition) is 1. The molecular formula is C14H25N. The number of nitrogens with one attached hydrogen (secondary N) is 1. The zero-order valence-electron chi connectivity index (χ0n) is 11.0. The fraction of sp³-hybridized carbons (Fsp3) is 0.571. The molecule has 1 N–H and O–H groups in total. The minimum absolute atomic E-state index is 0.615. The molecule has 0 atom stereocenters. The summed E-state index contributed by atoms with van der Waals surface area (Å²) in [4.78, 5) is 0. The van der Waals surface area contributed by atoms with Crippen molar-refractivity contribution >= 4 is 0 Å². The van der Waals surface area contributed by atoms with E-state index >= 15 is 0 Å². The highest BCUT2D eigenvalue weighted by atomic mass is 14.8. The molecule has 0 spiro atoms. The van der Waals surface area contributed by atoms with Crippen LogP contribution in [0.5, 0.6) is 0 Å². The maximum absolute atomic E-state index is 3.21. The molecule has 0 aliphatic heterocycles. The Morgan fingerprint density at radius 2 is 1.80 bits per heavy atom. The van der Waals surface area contributed by atoms with Crippen molar-refractivity contribution in [3.05, 3.63) is 34.9 Å². The fourth-order valence-corrected chi connectivity index (χ4v) is 1.64. The molecule has 0 fully saturated rings. The molecular weight excluding hydrogens is 182 g/mol. The molecule has 1 rings (SSSR count). The van der Waals surface area contributed by atoms with Crippen LogP contribution in [0.4, 0.5) is 0 Å². The van der Waals surface area contributed by atoms with Crippen LogP contribution in [-0.2, 0) is 6.54 Å². The van der Waals surface area contributed by atoms with Crippen LogP contribution < -0.4 is 5.32 Å². The van der Waals surface area contributed by atoms with Crippen molar-refractivity contribution in [2.45, 2.75) is 47.1 Å². The molecule has 1 aromatic rings. The Morgan fingerprint density at radius 3 is 2.27 bits per heavy atom. The summed E-state index contributed by atoms with van der Waals surface area (Å²) >= 11 is 0. The third-order valence-corrected chi connectivity index (χ3v) is 2.29. The van der Waals surface area contributed by atoms with E-state index in [4.69, 9.17) is 0 Å². The van der Waals surface area contributed by atoms with E-state index in [-0.39, 0.29) is 0 Å². The van der Waals surface area contributed by atoms with Crippen molar-refractivity contribution in [2.24, 2.45) is 0 Å². The van der Waals surface area contributed by atoms with E-state index in [0.717, 1.165) is 6.54 Å². The van der Waals surface area contributed by atoms with Crippen LogP contribution in [0.1, 0.15) is 50.3 Å². The zero-order chi connectivity index (χ0) is 11.8. The highest BCUT2D eigenvalue weighted by molar-refractivity contribution is 5.33. The minimum Gasteiger partial charge on any atom is -0.316 e. The standard InChI is InChI=1S/C12H19N.C2H6/c1-9(2)12-6-5-10(3)7-11(12)8-13-4;1-2/h5-7,9,13H,8H2,1-4H3;1-2H3. The molecule has 0 amide bonds. The number of aryl methyl sites for hydroxylation is 1. The first-order valence-electron chi connectivity index (χ1n) is 5.89. The topological polar surface area (TPSA) is 12.0 Å². The lowest BCUT2D eigenvalue weighted by Crippen LogP contribution is -2.08. The molecule has 0 bridgehead atoms.